The molecule has 0 radical (unpaired) electrons. The van der Waals surface area contributed by atoms with Gasteiger partial charge >= 0.3 is 0 Å². The summed E-state index contributed by atoms with van der Waals surface area (Å²) >= 11 is 0. The fourth-order valence-electron chi connectivity index (χ4n) is 2.08. The predicted molar refractivity (Wildman–Crippen MR) is 64.0 cm³/mol. The van der Waals surface area contributed by atoms with E-state index in [0.717, 1.165) is 12.8 Å². The third-order valence-electron chi connectivity index (χ3n) is 3.01. The summed E-state index contributed by atoms with van der Waals surface area (Å²) in [5.41, 5.74) is 5.69. The van der Waals surface area contributed by atoms with Crippen molar-refractivity contribution in [2.75, 3.05) is 19.7 Å². The first-order valence-corrected chi connectivity index (χ1v) is 5.97. The van der Waals surface area contributed by atoms with E-state index in [9.17, 15) is 4.79 Å². The zero-order chi connectivity index (χ0) is 11.8. The first-order valence-electron chi connectivity index (χ1n) is 5.97. The van der Waals surface area contributed by atoms with E-state index in [2.05, 4.69) is 11.9 Å². The maximum atomic E-state index is 11.3. The molecule has 0 bridgehead atoms. The Hall–Kier alpha value is -0.870. The first kappa shape index (κ1) is 13.2. The van der Waals surface area contributed by atoms with Crippen LogP contribution in [-0.4, -0.2) is 31.7 Å². The van der Waals surface area contributed by atoms with Crippen molar-refractivity contribution in [3.05, 3.63) is 12.7 Å². The molecule has 2 unspecified atom stereocenters. The molecule has 1 amide bonds. The number of carbonyl (C=O) groups is 1. The van der Waals surface area contributed by atoms with Gasteiger partial charge in [0.25, 0.3) is 0 Å². The molecular weight excluding hydrogens is 204 g/mol. The molecule has 0 saturated heterocycles. The Morgan fingerprint density at radius 2 is 2.25 bits per heavy atom. The lowest BCUT2D eigenvalue weighted by Gasteiger charge is -2.30. The molecule has 1 saturated carbocycles. The van der Waals surface area contributed by atoms with E-state index in [4.69, 9.17) is 10.5 Å². The van der Waals surface area contributed by atoms with Crippen molar-refractivity contribution < 1.29 is 9.53 Å². The molecule has 4 heteroatoms. The van der Waals surface area contributed by atoms with Crippen LogP contribution >= 0.6 is 0 Å². The zero-order valence-electron chi connectivity index (χ0n) is 9.78. The van der Waals surface area contributed by atoms with Gasteiger partial charge in [0.05, 0.1) is 6.10 Å². The van der Waals surface area contributed by atoms with E-state index in [1.807, 2.05) is 0 Å². The average molecular weight is 226 g/mol. The lowest BCUT2D eigenvalue weighted by molar-refractivity contribution is -0.129. The lowest BCUT2D eigenvalue weighted by atomic mass is 9.86. The largest absolute Gasteiger partial charge is 0.368 e. The number of ether oxygens (including phenoxy) is 1. The summed E-state index contributed by atoms with van der Waals surface area (Å²) in [4.78, 5) is 11.3. The monoisotopic (exact) mass is 226 g/mol. The molecule has 92 valence electrons. The van der Waals surface area contributed by atoms with Crippen LogP contribution in [0.1, 0.15) is 25.7 Å². The van der Waals surface area contributed by atoms with E-state index in [1.165, 1.54) is 12.8 Å². The fraction of sp³-hybridized carbons (Fsp3) is 0.750. The highest BCUT2D eigenvalue weighted by Crippen LogP contribution is 2.25. The van der Waals surface area contributed by atoms with E-state index >= 15 is 0 Å². The van der Waals surface area contributed by atoms with E-state index in [1.54, 1.807) is 6.08 Å². The van der Waals surface area contributed by atoms with Gasteiger partial charge in [-0.15, -0.1) is 6.58 Å². The van der Waals surface area contributed by atoms with Gasteiger partial charge in [-0.3, -0.25) is 4.79 Å². The Bertz CT molecular complexity index is 231. The molecule has 0 aromatic rings. The number of carbonyl (C=O) groups excluding carboxylic acids is 1. The van der Waals surface area contributed by atoms with Gasteiger partial charge in [-0.2, -0.15) is 0 Å². The zero-order valence-corrected chi connectivity index (χ0v) is 9.78. The highest BCUT2D eigenvalue weighted by molar-refractivity contribution is 5.77. The third-order valence-corrected chi connectivity index (χ3v) is 3.01. The molecule has 1 rings (SSSR count). The summed E-state index contributed by atoms with van der Waals surface area (Å²) in [6, 6.07) is 0. The minimum atomic E-state index is -0.0822. The highest BCUT2D eigenvalue weighted by Gasteiger charge is 2.24. The number of rotatable bonds is 6. The van der Waals surface area contributed by atoms with Gasteiger partial charge < -0.3 is 15.8 Å². The second-order valence-electron chi connectivity index (χ2n) is 4.22. The summed E-state index contributed by atoms with van der Waals surface area (Å²) in [5.74, 6) is 0.335. The topological polar surface area (TPSA) is 64.3 Å². The Morgan fingerprint density at radius 3 is 2.94 bits per heavy atom. The van der Waals surface area contributed by atoms with Gasteiger partial charge in [0.2, 0.25) is 5.91 Å². The summed E-state index contributed by atoms with van der Waals surface area (Å²) in [6.45, 7) is 4.81. The molecule has 1 aliphatic carbocycles. The van der Waals surface area contributed by atoms with Crippen molar-refractivity contribution in [3.63, 3.8) is 0 Å². The van der Waals surface area contributed by atoms with Crippen molar-refractivity contribution >= 4 is 5.91 Å². The SMILES string of the molecule is C=CCNC(=O)COC1CCCCC1CN. The van der Waals surface area contributed by atoms with Crippen molar-refractivity contribution in [1.29, 1.82) is 0 Å². The van der Waals surface area contributed by atoms with Crippen LogP contribution in [0.4, 0.5) is 0 Å². The standard InChI is InChI=1S/C12H22N2O2/c1-2-7-14-12(15)9-16-11-6-4-3-5-10(11)8-13/h2,10-11H,1,3-9,13H2,(H,14,15). The maximum absolute atomic E-state index is 11.3. The van der Waals surface area contributed by atoms with Crippen LogP contribution in [0.5, 0.6) is 0 Å². The van der Waals surface area contributed by atoms with Crippen LogP contribution in [0.3, 0.4) is 0 Å². The minimum absolute atomic E-state index is 0.0822. The predicted octanol–water partition coefficient (Wildman–Crippen LogP) is 0.823. The van der Waals surface area contributed by atoms with Gasteiger partial charge in [0, 0.05) is 6.54 Å². The smallest absolute Gasteiger partial charge is 0.246 e. The summed E-state index contributed by atoms with van der Waals surface area (Å²) in [5, 5.41) is 2.69. The highest BCUT2D eigenvalue weighted by atomic mass is 16.5. The van der Waals surface area contributed by atoms with Crippen molar-refractivity contribution in [2.24, 2.45) is 11.7 Å². The average Bonchev–Trinajstić information content (AvgIpc) is 2.34. The summed E-state index contributed by atoms with van der Waals surface area (Å²) in [6.07, 6.45) is 6.36. The van der Waals surface area contributed by atoms with Gasteiger partial charge in [0.1, 0.15) is 6.61 Å². The van der Waals surface area contributed by atoms with E-state index in [-0.39, 0.29) is 18.6 Å². The molecule has 2 atom stereocenters. The third kappa shape index (κ3) is 4.33. The quantitative estimate of drug-likeness (QED) is 0.659. The van der Waals surface area contributed by atoms with Crippen LogP contribution in [-0.2, 0) is 9.53 Å². The molecule has 0 spiro atoms. The first-order chi connectivity index (χ1) is 7.77. The van der Waals surface area contributed by atoms with Gasteiger partial charge in [-0.1, -0.05) is 18.9 Å². The lowest BCUT2D eigenvalue weighted by Crippen LogP contribution is -2.36. The molecule has 0 aliphatic heterocycles. The normalized spacial score (nSPS) is 25.1. The molecule has 0 heterocycles. The Labute approximate surface area is 97.2 Å². The van der Waals surface area contributed by atoms with Crippen LogP contribution in [0.15, 0.2) is 12.7 Å². The van der Waals surface area contributed by atoms with Gasteiger partial charge in [-0.25, -0.2) is 0 Å². The Kier molecular flexibility index (Phi) is 6.11. The fourth-order valence-corrected chi connectivity index (χ4v) is 2.08. The van der Waals surface area contributed by atoms with Crippen molar-refractivity contribution in [2.45, 2.75) is 31.8 Å². The molecule has 4 nitrogen and oxygen atoms in total. The molecule has 1 fully saturated rings. The molecular formula is C12H22N2O2. The van der Waals surface area contributed by atoms with Crippen LogP contribution in [0.25, 0.3) is 0 Å². The van der Waals surface area contributed by atoms with Gasteiger partial charge in [-0.05, 0) is 25.3 Å². The Balaban J connectivity index is 2.24. The van der Waals surface area contributed by atoms with Crippen LogP contribution < -0.4 is 11.1 Å². The molecule has 3 N–H and O–H groups in total. The summed E-state index contributed by atoms with van der Waals surface area (Å²) < 4.78 is 5.62. The Morgan fingerprint density at radius 1 is 1.50 bits per heavy atom. The summed E-state index contributed by atoms with van der Waals surface area (Å²) in [7, 11) is 0. The van der Waals surface area contributed by atoms with Crippen molar-refractivity contribution in [1.82, 2.24) is 5.32 Å². The second kappa shape index (κ2) is 7.41. The minimum Gasteiger partial charge on any atom is -0.368 e. The van der Waals surface area contributed by atoms with E-state index < -0.39 is 0 Å². The maximum Gasteiger partial charge on any atom is 0.246 e. The number of hydrogen-bond acceptors (Lipinski definition) is 3. The molecule has 1 aliphatic rings. The molecule has 0 aromatic heterocycles. The number of hydrogen-bond donors (Lipinski definition) is 2. The molecule has 16 heavy (non-hydrogen) atoms. The van der Waals surface area contributed by atoms with Crippen molar-refractivity contribution in [3.8, 4) is 0 Å². The number of amides is 1. The number of nitrogens with one attached hydrogen (secondary N) is 1. The second-order valence-corrected chi connectivity index (χ2v) is 4.22. The van der Waals surface area contributed by atoms with Gasteiger partial charge in [0.15, 0.2) is 0 Å². The van der Waals surface area contributed by atoms with Crippen LogP contribution in [0.2, 0.25) is 0 Å². The van der Waals surface area contributed by atoms with E-state index in [0.29, 0.717) is 19.0 Å². The molecule has 0 aromatic carbocycles. The van der Waals surface area contributed by atoms with Crippen LogP contribution in [0, 0.1) is 5.92 Å². The number of nitrogens with two attached hydrogens (primary N) is 1.